The van der Waals surface area contributed by atoms with Crippen LogP contribution in [0.15, 0.2) is 6.08 Å². The molecule has 0 amide bonds. The molecule has 0 fully saturated rings. The van der Waals surface area contributed by atoms with Gasteiger partial charge in [0.25, 0.3) is 0 Å². The number of rotatable bonds is 0. The quantitative estimate of drug-likeness (QED) is 0.452. The van der Waals surface area contributed by atoms with Gasteiger partial charge >= 0.3 is 0 Å². The van der Waals surface area contributed by atoms with Gasteiger partial charge in [0, 0.05) is 19.5 Å². The Kier molecular flexibility index (Phi) is 21.6. The van der Waals surface area contributed by atoms with Crippen molar-refractivity contribution in [3.63, 3.8) is 0 Å². The van der Waals surface area contributed by atoms with Gasteiger partial charge in [0.1, 0.15) is 0 Å². The molecule has 0 saturated heterocycles. The molecule has 0 nitrogen and oxygen atoms in total. The molecule has 0 heterocycles. The fourth-order valence-electron chi connectivity index (χ4n) is 0.510. The number of hydrogen-bond acceptors (Lipinski definition) is 0. The molecule has 0 N–H and O–H groups in total. The van der Waals surface area contributed by atoms with Gasteiger partial charge in [-0.1, -0.05) is 12.8 Å². The monoisotopic (exact) mass is 242 g/mol. The molecule has 0 bridgehead atoms. The second-order valence-corrected chi connectivity index (χ2v) is 1.30. The SMILES string of the molecule is Cl.Cl.[C-]1=CCCC1.[Rh]. The fraction of sp³-hybridized carbons (Fsp3) is 0.600. The Hall–Kier alpha value is 0.943. The van der Waals surface area contributed by atoms with Crippen LogP contribution in [0.3, 0.4) is 0 Å². The first-order valence-corrected chi connectivity index (χ1v) is 2.05. The summed E-state index contributed by atoms with van der Waals surface area (Å²) in [5, 5.41) is 0. The molecule has 53 valence electrons. The van der Waals surface area contributed by atoms with Crippen LogP contribution in [0.2, 0.25) is 0 Å². The van der Waals surface area contributed by atoms with Crippen LogP contribution in [-0.4, -0.2) is 0 Å². The second-order valence-electron chi connectivity index (χ2n) is 1.30. The molecule has 0 saturated carbocycles. The van der Waals surface area contributed by atoms with Gasteiger partial charge in [-0.15, -0.1) is 24.8 Å². The van der Waals surface area contributed by atoms with Crippen LogP contribution in [0.1, 0.15) is 19.3 Å². The Morgan fingerprint density at radius 3 is 2.00 bits per heavy atom. The summed E-state index contributed by atoms with van der Waals surface area (Å²) in [6, 6.07) is 0. The Morgan fingerprint density at radius 2 is 1.88 bits per heavy atom. The molecule has 1 radical (unpaired) electrons. The van der Waals surface area contributed by atoms with Crippen molar-refractivity contribution in [2.45, 2.75) is 19.3 Å². The molecule has 8 heavy (non-hydrogen) atoms. The molecule has 1 aliphatic rings. The van der Waals surface area contributed by atoms with Crippen molar-refractivity contribution in [2.24, 2.45) is 0 Å². The van der Waals surface area contributed by atoms with Crippen LogP contribution in [-0.2, 0) is 19.5 Å². The van der Waals surface area contributed by atoms with E-state index < -0.39 is 0 Å². The standard InChI is InChI=1S/C5H7.2ClH.Rh/c1-2-4-5-3-1;;;/h1H,2,4-5H2;2*1H;/q-1;;;. The van der Waals surface area contributed by atoms with Gasteiger partial charge in [-0.3, -0.25) is 6.08 Å². The first-order valence-electron chi connectivity index (χ1n) is 2.05. The normalized spacial score (nSPS) is 13.0. The largest absolute Gasteiger partial charge is 0.501 e. The maximum atomic E-state index is 3.10. The van der Waals surface area contributed by atoms with Crippen molar-refractivity contribution in [1.82, 2.24) is 0 Å². The topological polar surface area (TPSA) is 0 Å². The van der Waals surface area contributed by atoms with E-state index in [1.807, 2.05) is 0 Å². The van der Waals surface area contributed by atoms with E-state index in [9.17, 15) is 0 Å². The summed E-state index contributed by atoms with van der Waals surface area (Å²) in [6.45, 7) is 0. The van der Waals surface area contributed by atoms with Crippen LogP contribution in [0.5, 0.6) is 0 Å². The Bertz CT molecular complexity index is 48.4. The molecule has 0 aromatic carbocycles. The average Bonchev–Trinajstić information content (AvgIpc) is 1.76. The third-order valence-corrected chi connectivity index (χ3v) is 0.814. The van der Waals surface area contributed by atoms with Gasteiger partial charge in [0.15, 0.2) is 0 Å². The molecule has 0 atom stereocenters. The minimum atomic E-state index is 0. The summed E-state index contributed by atoms with van der Waals surface area (Å²) in [6.07, 6.45) is 9.00. The first-order chi connectivity index (χ1) is 2.50. The van der Waals surface area contributed by atoms with E-state index in [1.165, 1.54) is 19.3 Å². The zero-order valence-corrected chi connectivity index (χ0v) is 7.62. The molecule has 0 aliphatic heterocycles. The zero-order chi connectivity index (χ0) is 3.54. The van der Waals surface area contributed by atoms with Crippen LogP contribution >= 0.6 is 24.8 Å². The summed E-state index contributed by atoms with van der Waals surface area (Å²) < 4.78 is 0. The summed E-state index contributed by atoms with van der Waals surface area (Å²) in [5.74, 6) is 0. The predicted octanol–water partition coefficient (Wildman–Crippen LogP) is 2.37. The molecule has 0 spiro atoms. The van der Waals surface area contributed by atoms with Crippen molar-refractivity contribution < 1.29 is 19.5 Å². The molecule has 1 rings (SSSR count). The molecule has 0 unspecified atom stereocenters. The van der Waals surface area contributed by atoms with Crippen molar-refractivity contribution in [3.05, 3.63) is 12.2 Å². The Labute approximate surface area is 75.7 Å². The fourth-order valence-corrected chi connectivity index (χ4v) is 0.510. The summed E-state index contributed by atoms with van der Waals surface area (Å²) >= 11 is 0. The third-order valence-electron chi connectivity index (χ3n) is 0.814. The molecule has 0 aromatic heterocycles. The van der Waals surface area contributed by atoms with Gasteiger partial charge in [-0.25, -0.2) is 0 Å². The van der Waals surface area contributed by atoms with Gasteiger partial charge in [0.2, 0.25) is 0 Å². The molecular formula is C5H9Cl2Rh-. The van der Waals surface area contributed by atoms with Crippen LogP contribution in [0, 0.1) is 6.08 Å². The maximum absolute atomic E-state index is 3.10. The van der Waals surface area contributed by atoms with Crippen LogP contribution in [0.25, 0.3) is 0 Å². The number of halogens is 2. The Morgan fingerprint density at radius 1 is 1.25 bits per heavy atom. The van der Waals surface area contributed by atoms with Gasteiger partial charge in [-0.2, -0.15) is 6.42 Å². The van der Waals surface area contributed by atoms with Crippen molar-refractivity contribution in [1.29, 1.82) is 0 Å². The van der Waals surface area contributed by atoms with E-state index in [2.05, 4.69) is 12.2 Å². The molecule has 3 heteroatoms. The molecule has 0 aromatic rings. The minimum Gasteiger partial charge on any atom is -0.501 e. The van der Waals surface area contributed by atoms with E-state index in [1.54, 1.807) is 0 Å². The molecular weight excluding hydrogens is 234 g/mol. The van der Waals surface area contributed by atoms with Crippen molar-refractivity contribution in [2.75, 3.05) is 0 Å². The minimum absolute atomic E-state index is 0. The zero-order valence-electron chi connectivity index (χ0n) is 4.35. The van der Waals surface area contributed by atoms with E-state index in [4.69, 9.17) is 0 Å². The van der Waals surface area contributed by atoms with Crippen molar-refractivity contribution in [3.8, 4) is 0 Å². The van der Waals surface area contributed by atoms with Gasteiger partial charge in [-0.05, 0) is 0 Å². The van der Waals surface area contributed by atoms with E-state index >= 15 is 0 Å². The van der Waals surface area contributed by atoms with Crippen molar-refractivity contribution >= 4 is 24.8 Å². The third kappa shape index (κ3) is 6.94. The number of allylic oxidation sites excluding steroid dienone is 2. The van der Waals surface area contributed by atoms with E-state index in [-0.39, 0.29) is 44.3 Å². The van der Waals surface area contributed by atoms with Gasteiger partial charge in [0.05, 0.1) is 0 Å². The van der Waals surface area contributed by atoms with E-state index in [0.717, 1.165) is 0 Å². The maximum Gasteiger partial charge on any atom is 0 e. The first kappa shape index (κ1) is 16.0. The summed E-state index contributed by atoms with van der Waals surface area (Å²) in [7, 11) is 0. The van der Waals surface area contributed by atoms with Gasteiger partial charge < -0.3 is 6.08 Å². The van der Waals surface area contributed by atoms with Crippen LogP contribution < -0.4 is 0 Å². The average molecular weight is 243 g/mol. The van der Waals surface area contributed by atoms with Crippen LogP contribution in [0.4, 0.5) is 0 Å². The molecule has 1 aliphatic carbocycles. The predicted molar refractivity (Wildman–Crippen MR) is 36.2 cm³/mol. The summed E-state index contributed by atoms with van der Waals surface area (Å²) in [5.41, 5.74) is 0. The Balaban J connectivity index is -0.0000000833. The summed E-state index contributed by atoms with van der Waals surface area (Å²) in [4.78, 5) is 0. The smallest absolute Gasteiger partial charge is 0 e. The second kappa shape index (κ2) is 10.8. The van der Waals surface area contributed by atoms with E-state index in [0.29, 0.717) is 0 Å². The number of hydrogen-bond donors (Lipinski definition) is 0.